The van der Waals surface area contributed by atoms with E-state index >= 15 is 0 Å². The summed E-state index contributed by atoms with van der Waals surface area (Å²) in [5, 5.41) is 2.99. The molecule has 1 amide bonds. The molecule has 1 N–H and O–H groups in total. The van der Waals surface area contributed by atoms with Crippen LogP contribution in [0.3, 0.4) is 0 Å². The molecule has 1 aliphatic heterocycles. The molecular formula is C14H17F3N2O. The van der Waals surface area contributed by atoms with E-state index in [0.29, 0.717) is 12.8 Å². The largest absolute Gasteiger partial charge is 0.406 e. The lowest BCUT2D eigenvalue weighted by atomic mass is 10.1. The average Bonchev–Trinajstić information content (AvgIpc) is 2.67. The van der Waals surface area contributed by atoms with Gasteiger partial charge in [0.1, 0.15) is 6.54 Å². The molecule has 2 unspecified atom stereocenters. The zero-order valence-corrected chi connectivity index (χ0v) is 11.2. The van der Waals surface area contributed by atoms with Crippen molar-refractivity contribution < 1.29 is 18.0 Å². The fraction of sp³-hybridized carbons (Fsp3) is 0.500. The third-order valence-corrected chi connectivity index (χ3v) is 3.37. The average molecular weight is 286 g/mol. The molecule has 1 heterocycles. The van der Waals surface area contributed by atoms with Crippen LogP contribution < -0.4 is 5.32 Å². The number of amides is 1. The van der Waals surface area contributed by atoms with Crippen LogP contribution in [0, 0.1) is 0 Å². The lowest BCUT2D eigenvalue weighted by Gasteiger charge is -2.24. The lowest BCUT2D eigenvalue weighted by Crippen LogP contribution is -2.42. The molecule has 1 fully saturated rings. The number of hydrogen-bond donors (Lipinski definition) is 1. The second-order valence-corrected chi connectivity index (χ2v) is 4.91. The predicted molar refractivity (Wildman–Crippen MR) is 68.9 cm³/mol. The van der Waals surface area contributed by atoms with E-state index in [1.807, 2.05) is 30.3 Å². The Morgan fingerprint density at radius 2 is 1.90 bits per heavy atom. The van der Waals surface area contributed by atoms with Crippen LogP contribution in [0.2, 0.25) is 0 Å². The Kier molecular flexibility index (Phi) is 4.32. The molecule has 0 radical (unpaired) electrons. The second kappa shape index (κ2) is 5.83. The number of benzene rings is 1. The number of carbonyl (C=O) groups is 1. The van der Waals surface area contributed by atoms with Crippen LogP contribution in [-0.4, -0.2) is 35.7 Å². The van der Waals surface area contributed by atoms with Crippen LogP contribution in [0.5, 0.6) is 0 Å². The van der Waals surface area contributed by atoms with Gasteiger partial charge in [0, 0.05) is 0 Å². The fourth-order valence-corrected chi connectivity index (χ4v) is 2.46. The monoisotopic (exact) mass is 286 g/mol. The predicted octanol–water partition coefficient (Wildman–Crippen LogP) is 2.33. The summed E-state index contributed by atoms with van der Waals surface area (Å²) in [6.07, 6.45) is -4.05. The van der Waals surface area contributed by atoms with E-state index in [0.717, 1.165) is 10.5 Å². The van der Waals surface area contributed by atoms with Crippen molar-refractivity contribution in [3.63, 3.8) is 0 Å². The zero-order valence-electron chi connectivity index (χ0n) is 11.2. The van der Waals surface area contributed by atoms with Crippen molar-refractivity contribution in [3.05, 3.63) is 35.9 Å². The van der Waals surface area contributed by atoms with Gasteiger partial charge in [-0.15, -0.1) is 0 Å². The molecular weight excluding hydrogens is 269 g/mol. The van der Waals surface area contributed by atoms with Crippen LogP contribution in [0.25, 0.3) is 0 Å². The zero-order chi connectivity index (χ0) is 14.8. The number of alkyl halides is 3. The Bertz CT molecular complexity index is 461. The summed E-state index contributed by atoms with van der Waals surface area (Å²) in [6.45, 7) is 0.571. The molecule has 0 saturated carbocycles. The van der Waals surface area contributed by atoms with Crippen molar-refractivity contribution >= 4 is 5.91 Å². The molecule has 3 nitrogen and oxygen atoms in total. The minimum Gasteiger partial charge on any atom is -0.317 e. The second-order valence-electron chi connectivity index (χ2n) is 4.91. The van der Waals surface area contributed by atoms with Crippen LogP contribution in [0.1, 0.15) is 18.9 Å². The first-order valence-electron chi connectivity index (χ1n) is 6.58. The third-order valence-electron chi connectivity index (χ3n) is 3.37. The highest BCUT2D eigenvalue weighted by atomic mass is 19.4. The molecule has 6 heteroatoms. The summed E-state index contributed by atoms with van der Waals surface area (Å²) in [7, 11) is 0. The van der Waals surface area contributed by atoms with Crippen molar-refractivity contribution in [3.8, 4) is 0 Å². The maximum atomic E-state index is 12.5. The van der Waals surface area contributed by atoms with Gasteiger partial charge in [0.25, 0.3) is 0 Å². The minimum atomic E-state index is -4.37. The molecule has 0 spiro atoms. The van der Waals surface area contributed by atoms with Gasteiger partial charge in [0.05, 0.1) is 12.2 Å². The van der Waals surface area contributed by atoms with E-state index in [4.69, 9.17) is 0 Å². The molecule has 0 aromatic heterocycles. The topological polar surface area (TPSA) is 32.3 Å². The van der Waals surface area contributed by atoms with Crippen LogP contribution in [0.15, 0.2) is 30.3 Å². The molecule has 0 bridgehead atoms. The highest BCUT2D eigenvalue weighted by molar-refractivity contribution is 5.84. The van der Waals surface area contributed by atoms with Crippen molar-refractivity contribution in [2.45, 2.75) is 38.1 Å². The van der Waals surface area contributed by atoms with Gasteiger partial charge < -0.3 is 4.90 Å². The highest BCUT2D eigenvalue weighted by Gasteiger charge is 2.43. The van der Waals surface area contributed by atoms with Gasteiger partial charge in [-0.25, -0.2) is 0 Å². The molecule has 2 rings (SSSR count). The molecule has 20 heavy (non-hydrogen) atoms. The highest BCUT2D eigenvalue weighted by Crippen LogP contribution is 2.23. The smallest absolute Gasteiger partial charge is 0.317 e. The summed E-state index contributed by atoms with van der Waals surface area (Å²) in [5.41, 5.74) is 0.932. The van der Waals surface area contributed by atoms with Crippen molar-refractivity contribution in [1.29, 1.82) is 0 Å². The van der Waals surface area contributed by atoms with Crippen molar-refractivity contribution in [1.82, 2.24) is 10.2 Å². The number of hydrogen-bond acceptors (Lipinski definition) is 2. The van der Waals surface area contributed by atoms with Crippen molar-refractivity contribution in [2.24, 2.45) is 0 Å². The Morgan fingerprint density at radius 1 is 1.25 bits per heavy atom. The number of nitrogens with one attached hydrogen (secondary N) is 1. The van der Waals surface area contributed by atoms with Gasteiger partial charge in [-0.1, -0.05) is 37.3 Å². The van der Waals surface area contributed by atoms with Crippen molar-refractivity contribution in [2.75, 3.05) is 6.54 Å². The van der Waals surface area contributed by atoms with E-state index in [1.54, 1.807) is 6.92 Å². The first-order chi connectivity index (χ1) is 9.40. The van der Waals surface area contributed by atoms with E-state index < -0.39 is 30.8 Å². The minimum absolute atomic E-state index is 0.407. The Balaban J connectivity index is 2.08. The normalized spacial score (nSPS) is 23.4. The van der Waals surface area contributed by atoms with Gasteiger partial charge in [-0.2, -0.15) is 13.2 Å². The number of rotatable bonds is 4. The summed E-state index contributed by atoms with van der Waals surface area (Å²) >= 11 is 0. The van der Waals surface area contributed by atoms with Crippen LogP contribution in [0.4, 0.5) is 13.2 Å². The van der Waals surface area contributed by atoms with E-state index in [9.17, 15) is 18.0 Å². The van der Waals surface area contributed by atoms with E-state index in [-0.39, 0.29) is 0 Å². The van der Waals surface area contributed by atoms with Gasteiger partial charge in [0.2, 0.25) is 5.91 Å². The Hall–Kier alpha value is -1.56. The molecule has 0 aliphatic carbocycles. The molecule has 1 aromatic carbocycles. The molecule has 110 valence electrons. The summed E-state index contributed by atoms with van der Waals surface area (Å²) < 4.78 is 37.6. The fourth-order valence-electron chi connectivity index (χ4n) is 2.46. The van der Waals surface area contributed by atoms with Gasteiger partial charge >= 0.3 is 6.18 Å². The van der Waals surface area contributed by atoms with Gasteiger partial charge in [-0.05, 0) is 18.4 Å². The van der Waals surface area contributed by atoms with Crippen LogP contribution >= 0.6 is 0 Å². The van der Waals surface area contributed by atoms with Crippen LogP contribution in [-0.2, 0) is 11.2 Å². The molecule has 1 aliphatic rings. The van der Waals surface area contributed by atoms with Gasteiger partial charge in [-0.3, -0.25) is 10.1 Å². The molecule has 1 aromatic rings. The first-order valence-corrected chi connectivity index (χ1v) is 6.58. The lowest BCUT2D eigenvalue weighted by molar-refractivity contribution is -0.161. The molecule has 1 saturated heterocycles. The maximum absolute atomic E-state index is 12.5. The summed E-state index contributed by atoms with van der Waals surface area (Å²) in [5.74, 6) is -0.474. The standard InChI is InChI=1S/C14H17F3N2O/c1-2-12-18-11(8-10-6-4-3-5-7-10)13(20)19(12)9-14(15,16)17/h3-7,11-12,18H,2,8-9H2,1H3. The number of halogens is 3. The Labute approximate surface area is 115 Å². The van der Waals surface area contributed by atoms with Gasteiger partial charge in [0.15, 0.2) is 0 Å². The summed E-state index contributed by atoms with van der Waals surface area (Å²) in [6, 6.07) is 8.70. The van der Waals surface area contributed by atoms with E-state index in [2.05, 4.69) is 5.32 Å². The third kappa shape index (κ3) is 3.50. The quantitative estimate of drug-likeness (QED) is 0.921. The first kappa shape index (κ1) is 14.8. The maximum Gasteiger partial charge on any atom is 0.406 e. The molecule has 2 atom stereocenters. The Morgan fingerprint density at radius 3 is 2.45 bits per heavy atom. The number of carbonyl (C=O) groups excluding carboxylic acids is 1. The summed E-state index contributed by atoms with van der Waals surface area (Å²) in [4.78, 5) is 13.0. The number of nitrogens with zero attached hydrogens (tertiary/aromatic N) is 1. The van der Waals surface area contributed by atoms with E-state index in [1.165, 1.54) is 0 Å². The SMILES string of the molecule is CCC1NC(Cc2ccccc2)C(=O)N1CC(F)(F)F.